The first-order chi connectivity index (χ1) is 12.3. The van der Waals surface area contributed by atoms with Crippen molar-refractivity contribution in [2.75, 3.05) is 12.9 Å². The number of hydrogen-bond acceptors (Lipinski definition) is 4. The van der Waals surface area contributed by atoms with E-state index in [-0.39, 0.29) is 6.04 Å². The molecular formula is C19H23N3O3S. The number of fused-ring (bicyclic) bond motifs is 1. The fourth-order valence-corrected chi connectivity index (χ4v) is 4.08. The molecule has 1 atom stereocenters. The average Bonchev–Trinajstić information content (AvgIpc) is 2.59. The molecule has 0 aliphatic carbocycles. The number of hydrogen-bond donors (Lipinski definition) is 2. The monoisotopic (exact) mass is 373 g/mol. The quantitative estimate of drug-likeness (QED) is 0.634. The SMILES string of the molecule is Cc1cc(CN=C(N)NC2CCOc3ccccc32)ccc1S(C)(=O)=O. The van der Waals surface area contributed by atoms with Crippen LogP contribution in [-0.2, 0) is 16.4 Å². The van der Waals surface area contributed by atoms with Gasteiger partial charge >= 0.3 is 0 Å². The van der Waals surface area contributed by atoms with E-state index in [0.29, 0.717) is 29.6 Å². The van der Waals surface area contributed by atoms with Gasteiger partial charge in [-0.1, -0.05) is 30.3 Å². The number of nitrogens with one attached hydrogen (secondary N) is 1. The molecule has 1 unspecified atom stereocenters. The minimum absolute atomic E-state index is 0.0676. The Hall–Kier alpha value is -2.54. The number of aliphatic imine (C=N–C) groups is 1. The smallest absolute Gasteiger partial charge is 0.189 e. The maximum atomic E-state index is 11.7. The third kappa shape index (κ3) is 4.16. The average molecular weight is 373 g/mol. The summed E-state index contributed by atoms with van der Waals surface area (Å²) in [5, 5.41) is 3.25. The van der Waals surface area contributed by atoms with Crippen molar-refractivity contribution in [1.29, 1.82) is 0 Å². The highest BCUT2D eigenvalue weighted by Crippen LogP contribution is 2.31. The minimum Gasteiger partial charge on any atom is -0.493 e. The lowest BCUT2D eigenvalue weighted by Crippen LogP contribution is -2.37. The van der Waals surface area contributed by atoms with Crippen molar-refractivity contribution in [1.82, 2.24) is 5.32 Å². The van der Waals surface area contributed by atoms with Gasteiger partial charge in [-0.2, -0.15) is 0 Å². The molecule has 26 heavy (non-hydrogen) atoms. The van der Waals surface area contributed by atoms with Gasteiger partial charge in [-0.3, -0.25) is 0 Å². The molecule has 1 aliphatic rings. The van der Waals surface area contributed by atoms with Crippen molar-refractivity contribution in [3.8, 4) is 5.75 Å². The molecule has 0 radical (unpaired) electrons. The molecule has 0 amide bonds. The molecule has 2 aromatic carbocycles. The Labute approximate surface area is 154 Å². The number of nitrogens with zero attached hydrogens (tertiary/aromatic N) is 1. The number of sulfone groups is 1. The summed E-state index contributed by atoms with van der Waals surface area (Å²) in [4.78, 5) is 4.73. The molecule has 0 saturated heterocycles. The first-order valence-electron chi connectivity index (χ1n) is 8.42. The van der Waals surface area contributed by atoms with Crippen LogP contribution in [0.25, 0.3) is 0 Å². The van der Waals surface area contributed by atoms with Crippen LogP contribution < -0.4 is 15.8 Å². The molecule has 0 fully saturated rings. The van der Waals surface area contributed by atoms with E-state index in [1.807, 2.05) is 30.3 Å². The highest BCUT2D eigenvalue weighted by molar-refractivity contribution is 7.90. The van der Waals surface area contributed by atoms with Gasteiger partial charge in [0, 0.05) is 18.2 Å². The zero-order chi connectivity index (χ0) is 18.7. The van der Waals surface area contributed by atoms with E-state index in [0.717, 1.165) is 23.3 Å². The summed E-state index contributed by atoms with van der Waals surface area (Å²) in [5.41, 5.74) is 8.75. The third-order valence-electron chi connectivity index (χ3n) is 4.35. The fraction of sp³-hybridized carbons (Fsp3) is 0.316. The van der Waals surface area contributed by atoms with Crippen molar-refractivity contribution in [2.24, 2.45) is 10.7 Å². The van der Waals surface area contributed by atoms with Crippen molar-refractivity contribution in [3.05, 3.63) is 59.2 Å². The summed E-state index contributed by atoms with van der Waals surface area (Å²) in [6.07, 6.45) is 2.02. The maximum absolute atomic E-state index is 11.7. The standard InChI is InChI=1S/C19H23N3O3S/c1-13-11-14(7-8-18(13)26(2,23)24)12-21-19(20)22-16-9-10-25-17-6-4-3-5-15(16)17/h3-8,11,16H,9-10,12H2,1-2H3,(H3,20,21,22). The van der Waals surface area contributed by atoms with E-state index < -0.39 is 9.84 Å². The number of guanidine groups is 1. The van der Waals surface area contributed by atoms with Crippen LogP contribution in [0.15, 0.2) is 52.4 Å². The predicted molar refractivity (Wildman–Crippen MR) is 102 cm³/mol. The highest BCUT2D eigenvalue weighted by Gasteiger charge is 2.21. The molecule has 0 bridgehead atoms. The molecule has 0 aromatic heterocycles. The molecule has 7 heteroatoms. The van der Waals surface area contributed by atoms with Gasteiger partial charge in [-0.05, 0) is 30.2 Å². The van der Waals surface area contributed by atoms with Crippen LogP contribution in [0.5, 0.6) is 5.75 Å². The molecule has 1 heterocycles. The van der Waals surface area contributed by atoms with Crippen LogP contribution in [0.4, 0.5) is 0 Å². The lowest BCUT2D eigenvalue weighted by atomic mass is 10.0. The Bertz CT molecular complexity index is 939. The van der Waals surface area contributed by atoms with Crippen molar-refractivity contribution in [2.45, 2.75) is 30.8 Å². The minimum atomic E-state index is -3.21. The second kappa shape index (κ2) is 7.37. The van der Waals surface area contributed by atoms with Crippen LogP contribution in [-0.4, -0.2) is 27.2 Å². The fourth-order valence-electron chi connectivity index (χ4n) is 3.12. The molecule has 138 valence electrons. The Kier molecular flexibility index (Phi) is 5.18. The Morgan fingerprint density at radius 3 is 2.81 bits per heavy atom. The third-order valence-corrected chi connectivity index (χ3v) is 5.61. The first-order valence-corrected chi connectivity index (χ1v) is 10.3. The molecule has 2 aromatic rings. The Balaban J connectivity index is 1.69. The number of aryl methyl sites for hydroxylation is 1. The van der Waals surface area contributed by atoms with Crippen molar-refractivity contribution < 1.29 is 13.2 Å². The molecule has 0 saturated carbocycles. The predicted octanol–water partition coefficient (Wildman–Crippen LogP) is 2.33. The van der Waals surface area contributed by atoms with Gasteiger partial charge in [0.05, 0.1) is 24.1 Å². The number of ether oxygens (including phenoxy) is 1. The van der Waals surface area contributed by atoms with E-state index in [4.69, 9.17) is 10.5 Å². The Morgan fingerprint density at radius 2 is 2.08 bits per heavy atom. The zero-order valence-electron chi connectivity index (χ0n) is 14.9. The van der Waals surface area contributed by atoms with Crippen LogP contribution in [0.1, 0.15) is 29.2 Å². The van der Waals surface area contributed by atoms with Crippen molar-refractivity contribution >= 4 is 15.8 Å². The van der Waals surface area contributed by atoms with Gasteiger partial charge < -0.3 is 15.8 Å². The summed E-state index contributed by atoms with van der Waals surface area (Å²) in [5.74, 6) is 1.23. The number of nitrogens with two attached hydrogens (primary N) is 1. The van der Waals surface area contributed by atoms with E-state index >= 15 is 0 Å². The second-order valence-electron chi connectivity index (χ2n) is 6.45. The summed E-state index contributed by atoms with van der Waals surface area (Å²) in [6, 6.07) is 13.2. The van der Waals surface area contributed by atoms with Gasteiger partial charge in [0.2, 0.25) is 0 Å². The summed E-state index contributed by atoms with van der Waals surface area (Å²) < 4.78 is 29.0. The van der Waals surface area contributed by atoms with E-state index in [2.05, 4.69) is 10.3 Å². The van der Waals surface area contributed by atoms with Crippen LogP contribution >= 0.6 is 0 Å². The lowest BCUT2D eigenvalue weighted by Gasteiger charge is -2.26. The van der Waals surface area contributed by atoms with Crippen LogP contribution in [0.2, 0.25) is 0 Å². The van der Waals surface area contributed by atoms with Gasteiger partial charge in [-0.15, -0.1) is 0 Å². The number of rotatable bonds is 4. The molecule has 3 N–H and O–H groups in total. The van der Waals surface area contributed by atoms with E-state index in [1.54, 1.807) is 19.1 Å². The molecule has 0 spiro atoms. The Morgan fingerprint density at radius 1 is 1.31 bits per heavy atom. The molecule has 3 rings (SSSR count). The van der Waals surface area contributed by atoms with Gasteiger partial charge in [0.25, 0.3) is 0 Å². The zero-order valence-corrected chi connectivity index (χ0v) is 15.7. The van der Waals surface area contributed by atoms with Gasteiger partial charge in [0.15, 0.2) is 15.8 Å². The van der Waals surface area contributed by atoms with Crippen LogP contribution in [0.3, 0.4) is 0 Å². The van der Waals surface area contributed by atoms with E-state index in [9.17, 15) is 8.42 Å². The van der Waals surface area contributed by atoms with E-state index in [1.165, 1.54) is 6.26 Å². The summed E-state index contributed by atoms with van der Waals surface area (Å²) in [7, 11) is -3.21. The molecule has 6 nitrogen and oxygen atoms in total. The number of benzene rings is 2. The first kappa shape index (κ1) is 18.3. The maximum Gasteiger partial charge on any atom is 0.189 e. The lowest BCUT2D eigenvalue weighted by molar-refractivity contribution is 0.262. The summed E-state index contributed by atoms with van der Waals surface area (Å²) in [6.45, 7) is 2.80. The molecule has 1 aliphatic heterocycles. The largest absolute Gasteiger partial charge is 0.493 e. The topological polar surface area (TPSA) is 93.8 Å². The molecular weight excluding hydrogens is 350 g/mol. The van der Waals surface area contributed by atoms with Crippen LogP contribution in [0, 0.1) is 6.92 Å². The van der Waals surface area contributed by atoms with Gasteiger partial charge in [0.1, 0.15) is 5.75 Å². The highest BCUT2D eigenvalue weighted by atomic mass is 32.2. The van der Waals surface area contributed by atoms with Gasteiger partial charge in [-0.25, -0.2) is 13.4 Å². The number of para-hydroxylation sites is 1. The van der Waals surface area contributed by atoms with Crippen molar-refractivity contribution in [3.63, 3.8) is 0 Å². The summed E-state index contributed by atoms with van der Waals surface area (Å²) >= 11 is 0. The normalized spacial score (nSPS) is 17.3. The second-order valence-corrected chi connectivity index (χ2v) is 8.43.